The second-order valence-electron chi connectivity index (χ2n) is 28.7. The van der Waals surface area contributed by atoms with E-state index in [0.29, 0.717) is 97.0 Å². The van der Waals surface area contributed by atoms with E-state index in [9.17, 15) is 30.3 Å². The van der Waals surface area contributed by atoms with E-state index in [4.69, 9.17) is 38.4 Å². The van der Waals surface area contributed by atoms with E-state index in [0.717, 1.165) is 39.9 Å². The molecule has 0 saturated carbocycles. The number of rotatable bonds is 20. The third kappa shape index (κ3) is 16.0. The number of nitrogens with zero attached hydrogens (tertiary/aromatic N) is 8. The Bertz CT molecular complexity index is 4320. The Labute approximate surface area is 552 Å². The summed E-state index contributed by atoms with van der Waals surface area (Å²) in [6, 6.07) is 43.8. The van der Waals surface area contributed by atoms with Crippen molar-refractivity contribution in [3.8, 4) is 23.6 Å². The van der Waals surface area contributed by atoms with Crippen molar-refractivity contribution in [1.82, 2.24) is 28.2 Å². The van der Waals surface area contributed by atoms with Gasteiger partial charge in [-0.1, -0.05) is 99.9 Å². The van der Waals surface area contributed by atoms with Crippen LogP contribution in [0.4, 0.5) is 9.59 Å². The minimum absolute atomic E-state index is 0.134. The average Bonchev–Trinajstić information content (AvgIpc) is 1.52. The third-order valence-electron chi connectivity index (χ3n) is 15.9. The minimum atomic E-state index is -1.73. The van der Waals surface area contributed by atoms with Gasteiger partial charge in [-0.25, -0.2) is 19.6 Å². The van der Waals surface area contributed by atoms with Gasteiger partial charge in [0.15, 0.2) is 0 Å². The molecule has 0 aliphatic heterocycles. The molecule has 18 nitrogen and oxygen atoms in total. The first kappa shape index (κ1) is 69.5. The lowest BCUT2D eigenvalue weighted by atomic mass is 9.89. The van der Waals surface area contributed by atoms with E-state index in [2.05, 4.69) is 51.4 Å². The van der Waals surface area contributed by atoms with Crippen molar-refractivity contribution in [3.05, 3.63) is 190 Å². The third-order valence-corrected chi connectivity index (χ3v) is 19.3. The number of fused-ring (bicyclic) bond motifs is 4. The highest BCUT2D eigenvalue weighted by atomic mass is 28.3. The predicted octanol–water partition coefficient (Wildman–Crippen LogP) is 16.2. The van der Waals surface area contributed by atoms with Gasteiger partial charge in [0, 0.05) is 63.7 Å². The summed E-state index contributed by atoms with van der Waals surface area (Å²) >= 11 is 0. The molecule has 2 atom stereocenters. The average molecular weight is 1310 g/mol. The van der Waals surface area contributed by atoms with E-state index in [1.807, 2.05) is 143 Å². The van der Waals surface area contributed by atoms with Crippen molar-refractivity contribution in [2.24, 2.45) is 0 Å². The van der Waals surface area contributed by atoms with Gasteiger partial charge in [0.25, 0.3) is 0 Å². The number of aryl methyl sites for hydroxylation is 2. The molecule has 0 amide bonds. The number of benzene rings is 6. The van der Waals surface area contributed by atoms with Crippen molar-refractivity contribution < 1.29 is 48.2 Å². The molecule has 10 rings (SSSR count). The van der Waals surface area contributed by atoms with Crippen LogP contribution in [-0.2, 0) is 56.8 Å². The Balaban J connectivity index is 0.000000221. The Morgan fingerprint density at radius 3 is 1.34 bits per heavy atom. The van der Waals surface area contributed by atoms with Crippen molar-refractivity contribution in [2.45, 2.75) is 170 Å². The predicted molar refractivity (Wildman–Crippen MR) is 373 cm³/mol. The van der Waals surface area contributed by atoms with Crippen LogP contribution in [0.5, 0.6) is 11.5 Å². The van der Waals surface area contributed by atoms with Crippen molar-refractivity contribution >= 4 is 72.2 Å². The zero-order chi connectivity index (χ0) is 68.3. The van der Waals surface area contributed by atoms with Gasteiger partial charge in [-0.05, 0) is 164 Å². The molecule has 10 aromatic rings. The molecule has 2 unspecified atom stereocenters. The number of hydrogen-bond donors (Lipinski definition) is 2. The first-order chi connectivity index (χ1) is 44.2. The fourth-order valence-electron chi connectivity index (χ4n) is 11.3. The summed E-state index contributed by atoms with van der Waals surface area (Å²) in [7, 11) is -2.70. The molecule has 94 heavy (non-hydrogen) atoms. The highest BCUT2D eigenvalue weighted by molar-refractivity contribution is 6.76. The number of hydrogen-bond acceptors (Lipinski definition) is 14. The number of ether oxygens (including phenoxy) is 6. The van der Waals surface area contributed by atoms with E-state index in [1.54, 1.807) is 68.7 Å². The number of carbonyl (C=O) groups is 2. The fraction of sp³-hybridized carbons (Fsp3) is 0.378. The van der Waals surface area contributed by atoms with Crippen LogP contribution in [0.3, 0.4) is 0 Å². The van der Waals surface area contributed by atoms with Crippen molar-refractivity contribution in [2.75, 3.05) is 13.2 Å². The molecule has 0 aliphatic rings. The second kappa shape index (κ2) is 27.6. The van der Waals surface area contributed by atoms with Crippen LogP contribution in [0.1, 0.15) is 112 Å². The lowest BCUT2D eigenvalue weighted by Gasteiger charge is -2.28. The maximum Gasteiger partial charge on any atom is 0.419 e. The summed E-state index contributed by atoms with van der Waals surface area (Å²) in [6.45, 7) is 33.8. The van der Waals surface area contributed by atoms with Gasteiger partial charge >= 0.3 is 12.2 Å². The number of aromatic nitrogens is 6. The summed E-state index contributed by atoms with van der Waals surface area (Å²) < 4.78 is 43.4. The Morgan fingerprint density at radius 2 is 0.926 bits per heavy atom. The molecule has 0 aliphatic carbocycles. The highest BCUT2D eigenvalue weighted by Crippen LogP contribution is 2.46. The summed E-state index contributed by atoms with van der Waals surface area (Å²) in [5, 5.41) is 46.0. The van der Waals surface area contributed by atoms with Crippen LogP contribution < -0.4 is 9.47 Å². The van der Waals surface area contributed by atoms with Gasteiger partial charge in [0.1, 0.15) is 72.2 Å². The van der Waals surface area contributed by atoms with Crippen molar-refractivity contribution in [1.29, 1.82) is 10.5 Å². The first-order valence-corrected chi connectivity index (χ1v) is 39.1. The molecule has 6 aromatic carbocycles. The quantitative estimate of drug-likeness (QED) is 0.0535. The number of carbonyl (C=O) groups excluding carboxylic acids is 2. The van der Waals surface area contributed by atoms with E-state index in [1.165, 1.54) is 9.13 Å². The van der Waals surface area contributed by atoms with Gasteiger partial charge in [-0.15, -0.1) is 0 Å². The first-order valence-electron chi connectivity index (χ1n) is 31.7. The van der Waals surface area contributed by atoms with Gasteiger partial charge in [0.05, 0.1) is 56.4 Å². The molecule has 4 heterocycles. The Kier molecular flexibility index (Phi) is 20.4. The van der Waals surface area contributed by atoms with Crippen LogP contribution in [0.25, 0.3) is 43.9 Å². The molecular formula is C74H88N8O10Si2. The van der Waals surface area contributed by atoms with Crippen LogP contribution >= 0.6 is 0 Å². The van der Waals surface area contributed by atoms with Gasteiger partial charge in [-0.3, -0.25) is 9.13 Å². The molecule has 20 heteroatoms. The summed E-state index contributed by atoms with van der Waals surface area (Å²) in [5.41, 5.74) is 4.27. The minimum Gasteiger partial charge on any atom is -0.488 e. The smallest absolute Gasteiger partial charge is 0.419 e. The van der Waals surface area contributed by atoms with Crippen LogP contribution in [0.15, 0.2) is 134 Å². The Hall–Kier alpha value is -8.87. The molecule has 0 bridgehead atoms. The summed E-state index contributed by atoms with van der Waals surface area (Å²) in [4.78, 5) is 36.5. The van der Waals surface area contributed by atoms with Crippen molar-refractivity contribution in [3.63, 3.8) is 0 Å². The molecular weight excluding hydrogens is 1220 g/mol. The monoisotopic (exact) mass is 1300 g/mol. The van der Waals surface area contributed by atoms with E-state index >= 15 is 0 Å². The molecule has 0 fully saturated rings. The maximum absolute atomic E-state index is 13.4. The second-order valence-corrected chi connectivity index (χ2v) is 40.0. The van der Waals surface area contributed by atoms with Crippen LogP contribution in [0.2, 0.25) is 51.4 Å². The lowest BCUT2D eigenvalue weighted by molar-refractivity contribution is 0.0532. The summed E-state index contributed by atoms with van der Waals surface area (Å²) in [6.07, 6.45) is 2.28. The molecule has 492 valence electrons. The lowest BCUT2D eigenvalue weighted by Crippen LogP contribution is -2.30. The van der Waals surface area contributed by atoms with Gasteiger partial charge in [-0.2, -0.15) is 10.5 Å². The van der Waals surface area contributed by atoms with Gasteiger partial charge in [0.2, 0.25) is 0 Å². The SMILES string of the molecule is Cc1cc(OCc2ccccc2)c(C(C)(O)c2nc3cc(C#N)ccc3n2COCC[Si](C)(C)C)c2ccn(C(=O)OC(C)(C)C)c12.Cc1cc(OCc2ccccc2)c(C(C)(O)c2nc3ccc(C#N)cc3n2COCC[Si](C)(C)C)c2ccn(C(=O)OC(C)(C)C)c12. The summed E-state index contributed by atoms with van der Waals surface area (Å²) in [5.74, 6) is 1.58. The zero-order valence-corrected chi connectivity index (χ0v) is 59.1. The largest absolute Gasteiger partial charge is 0.488 e. The molecule has 4 aromatic heterocycles. The van der Waals surface area contributed by atoms with E-state index < -0.39 is 50.7 Å². The highest BCUT2D eigenvalue weighted by Gasteiger charge is 2.40. The van der Waals surface area contributed by atoms with Crippen LogP contribution in [-0.4, -0.2) is 91.2 Å². The molecule has 2 N–H and O–H groups in total. The number of imidazole rings is 2. The fourth-order valence-corrected chi connectivity index (χ4v) is 12.8. The maximum atomic E-state index is 13.4. The van der Waals surface area contributed by atoms with E-state index in [-0.39, 0.29) is 26.7 Å². The standard InChI is InChI=1S/2C37H44N4O5Si/c1-25-20-31(45-23-26-12-10-9-11-13-26)32(28-16-17-40(33(25)28)35(42)46-36(2,3)4)37(5,43)34-39-29-21-27(22-38)14-15-30(29)41(34)24-44-18-19-47(6,7)8;1-25-20-31(45-23-26-12-10-9-11-13-26)32(28-16-17-40(33(25)28)35(42)46-36(2,3)4)37(5,43)34-39-29-15-14-27(22-38)21-30(29)41(34)24-44-18-19-47(6,7)8/h2*9-17,20-21,43H,18-19,23-24H2,1-8H3. The van der Waals surface area contributed by atoms with Crippen LogP contribution in [0, 0.1) is 36.5 Å². The Morgan fingerprint density at radius 1 is 0.521 bits per heavy atom. The molecule has 0 saturated heterocycles. The normalized spacial score (nSPS) is 13.4. The molecule has 0 radical (unpaired) electrons. The topological polar surface area (TPSA) is 223 Å². The molecule has 0 spiro atoms. The van der Waals surface area contributed by atoms with Gasteiger partial charge < -0.3 is 47.8 Å². The zero-order valence-electron chi connectivity index (χ0n) is 57.1. The number of nitriles is 2. The number of aliphatic hydroxyl groups is 2.